The van der Waals surface area contributed by atoms with Crippen molar-refractivity contribution in [3.8, 4) is 27.9 Å². The summed E-state index contributed by atoms with van der Waals surface area (Å²) in [6, 6.07) is 74.5. The largest absolute Gasteiger partial charge is 0.456 e. The Morgan fingerprint density at radius 1 is 0.397 bits per heavy atom. The fraction of sp³-hybridized carbons (Fsp3) is 0. The number of hydrogen-bond donors (Lipinski definition) is 0. The van der Waals surface area contributed by atoms with Crippen LogP contribution in [0.4, 0.5) is 17.1 Å². The van der Waals surface area contributed by atoms with Gasteiger partial charge in [-0.25, -0.2) is 0 Å². The molecule has 0 amide bonds. The summed E-state index contributed by atoms with van der Waals surface area (Å²) >= 11 is 1.86. The second-order valence-electron chi connectivity index (χ2n) is 14.9. The van der Waals surface area contributed by atoms with Gasteiger partial charge >= 0.3 is 0 Å². The van der Waals surface area contributed by atoms with E-state index in [-0.39, 0.29) is 0 Å². The third kappa shape index (κ3) is 5.12. The maximum atomic E-state index is 6.54. The molecule has 0 spiro atoms. The Morgan fingerprint density at radius 3 is 1.86 bits per heavy atom. The van der Waals surface area contributed by atoms with Crippen molar-refractivity contribution in [3.63, 3.8) is 0 Å². The molecule has 0 aliphatic rings. The lowest BCUT2D eigenvalue weighted by Crippen LogP contribution is -2.11. The van der Waals surface area contributed by atoms with E-state index in [1.807, 2.05) is 17.4 Å². The Bertz CT molecular complexity index is 3520. The van der Waals surface area contributed by atoms with Crippen molar-refractivity contribution in [1.29, 1.82) is 0 Å². The average molecular weight is 759 g/mol. The van der Waals surface area contributed by atoms with Crippen molar-refractivity contribution in [3.05, 3.63) is 206 Å². The average Bonchev–Trinajstić information content (AvgIpc) is 3.97. The van der Waals surface area contributed by atoms with Crippen LogP contribution in [-0.2, 0) is 0 Å². The summed E-state index contributed by atoms with van der Waals surface area (Å²) in [4.78, 5) is 2.47. The predicted octanol–water partition coefficient (Wildman–Crippen LogP) is 15.9. The normalized spacial score (nSPS) is 11.8. The number of hydrogen-bond acceptors (Lipinski definition) is 3. The number of aromatic nitrogens is 1. The summed E-state index contributed by atoms with van der Waals surface area (Å²) in [5.74, 6) is 0. The molecule has 3 heterocycles. The van der Waals surface area contributed by atoms with Crippen LogP contribution in [0.3, 0.4) is 0 Å². The minimum atomic E-state index is 0.863. The zero-order chi connectivity index (χ0) is 38.2. The van der Waals surface area contributed by atoms with Gasteiger partial charge in [-0.15, -0.1) is 11.3 Å². The highest BCUT2D eigenvalue weighted by atomic mass is 32.1. The molecule has 58 heavy (non-hydrogen) atoms. The van der Waals surface area contributed by atoms with Gasteiger partial charge in [-0.3, -0.25) is 0 Å². The van der Waals surface area contributed by atoms with Gasteiger partial charge in [-0.2, -0.15) is 0 Å². The van der Waals surface area contributed by atoms with E-state index in [0.717, 1.165) is 50.3 Å². The second kappa shape index (κ2) is 13.1. The zero-order valence-corrected chi connectivity index (χ0v) is 32.2. The highest BCUT2D eigenvalue weighted by molar-refractivity contribution is 7.26. The smallest absolute Gasteiger partial charge is 0.137 e. The standard InChI is InChI=1S/C54H34N2OS/c1-3-15-35(16-4-1)37-19-13-20-39(31-37)55(47-25-14-27-51-53(47)44-23-8-11-26-50(44)57-51)49-34-40(33-45-43-22-9-12-28-52(43)58-54(45)49)56-46-24-10-7-21-41(46)42-30-29-38(32-48(42)56)36-17-5-2-6-18-36/h1-34H. The first-order valence-electron chi connectivity index (χ1n) is 19.7. The molecule has 272 valence electrons. The van der Waals surface area contributed by atoms with Gasteiger partial charge in [0.05, 0.1) is 32.5 Å². The van der Waals surface area contributed by atoms with E-state index < -0.39 is 0 Å². The summed E-state index contributed by atoms with van der Waals surface area (Å²) in [7, 11) is 0. The molecular formula is C54H34N2OS. The van der Waals surface area contributed by atoms with Crippen molar-refractivity contribution in [2.45, 2.75) is 0 Å². The molecule has 0 aliphatic heterocycles. The van der Waals surface area contributed by atoms with Crippen molar-refractivity contribution in [1.82, 2.24) is 4.57 Å². The Labute approximate surface area is 338 Å². The van der Waals surface area contributed by atoms with E-state index in [4.69, 9.17) is 4.42 Å². The van der Waals surface area contributed by atoms with E-state index in [9.17, 15) is 0 Å². The lowest BCUT2D eigenvalue weighted by Gasteiger charge is -2.28. The fourth-order valence-corrected chi connectivity index (χ4v) is 10.1. The third-order valence-corrected chi connectivity index (χ3v) is 12.8. The molecule has 0 saturated heterocycles. The molecule has 3 nitrogen and oxygen atoms in total. The highest BCUT2D eigenvalue weighted by Crippen LogP contribution is 2.50. The SMILES string of the molecule is c1ccc(-c2cccc(N(c3cc(-n4c5ccccc5c5ccc(-c6ccccc6)cc54)cc4c3sc3ccccc34)c3cccc4oc5ccccc5c34)c2)cc1. The minimum absolute atomic E-state index is 0.863. The molecule has 0 saturated carbocycles. The van der Waals surface area contributed by atoms with Gasteiger partial charge in [0, 0.05) is 43.0 Å². The van der Waals surface area contributed by atoms with Crippen LogP contribution in [0.2, 0.25) is 0 Å². The second-order valence-corrected chi connectivity index (χ2v) is 15.9. The van der Waals surface area contributed by atoms with Gasteiger partial charge in [0.1, 0.15) is 11.2 Å². The number of thiophene rings is 1. The molecule has 0 radical (unpaired) electrons. The number of nitrogens with zero attached hydrogens (tertiary/aromatic N) is 2. The van der Waals surface area contributed by atoms with Crippen molar-refractivity contribution in [2.75, 3.05) is 4.90 Å². The van der Waals surface area contributed by atoms with E-state index >= 15 is 0 Å². The maximum Gasteiger partial charge on any atom is 0.137 e. The zero-order valence-electron chi connectivity index (χ0n) is 31.3. The Morgan fingerprint density at radius 2 is 1.03 bits per heavy atom. The number of para-hydroxylation sites is 2. The molecule has 0 fully saturated rings. The van der Waals surface area contributed by atoms with Crippen LogP contribution < -0.4 is 4.90 Å². The number of furan rings is 1. The van der Waals surface area contributed by atoms with Crippen LogP contribution in [0.15, 0.2) is 211 Å². The fourth-order valence-electron chi connectivity index (χ4n) is 8.95. The summed E-state index contributed by atoms with van der Waals surface area (Å²) in [5.41, 5.74) is 13.2. The molecule has 0 N–H and O–H groups in total. The van der Waals surface area contributed by atoms with Crippen molar-refractivity contribution < 1.29 is 4.42 Å². The van der Waals surface area contributed by atoms with Crippen LogP contribution in [0.5, 0.6) is 0 Å². The molecular weight excluding hydrogens is 725 g/mol. The van der Waals surface area contributed by atoms with E-state index in [0.29, 0.717) is 0 Å². The Balaban J connectivity index is 1.21. The van der Waals surface area contributed by atoms with Crippen LogP contribution >= 0.6 is 11.3 Å². The van der Waals surface area contributed by atoms with Gasteiger partial charge in [0.25, 0.3) is 0 Å². The molecule has 4 heteroatoms. The molecule has 0 atom stereocenters. The van der Waals surface area contributed by atoms with Crippen LogP contribution in [0.1, 0.15) is 0 Å². The monoisotopic (exact) mass is 758 g/mol. The minimum Gasteiger partial charge on any atom is -0.456 e. The van der Waals surface area contributed by atoms with Crippen molar-refractivity contribution >= 4 is 92.3 Å². The van der Waals surface area contributed by atoms with Crippen LogP contribution in [0.25, 0.3) is 91.9 Å². The van der Waals surface area contributed by atoms with Gasteiger partial charge in [0.2, 0.25) is 0 Å². The molecule has 9 aromatic carbocycles. The number of anilines is 3. The summed E-state index contributed by atoms with van der Waals surface area (Å²) in [6.07, 6.45) is 0. The van der Waals surface area contributed by atoms with Crippen molar-refractivity contribution in [2.24, 2.45) is 0 Å². The van der Waals surface area contributed by atoms with E-state index in [1.165, 1.54) is 58.7 Å². The van der Waals surface area contributed by atoms with Gasteiger partial charge < -0.3 is 13.9 Å². The third-order valence-electron chi connectivity index (χ3n) is 11.6. The van der Waals surface area contributed by atoms with E-state index in [2.05, 4.69) is 210 Å². The van der Waals surface area contributed by atoms with Crippen LogP contribution in [-0.4, -0.2) is 4.57 Å². The summed E-state index contributed by atoms with van der Waals surface area (Å²) in [6.45, 7) is 0. The van der Waals surface area contributed by atoms with Gasteiger partial charge in [-0.05, 0) is 82.9 Å². The summed E-state index contributed by atoms with van der Waals surface area (Å²) in [5, 5.41) is 7.13. The highest BCUT2D eigenvalue weighted by Gasteiger charge is 2.25. The number of fused-ring (bicyclic) bond motifs is 9. The Kier molecular flexibility index (Phi) is 7.40. The van der Waals surface area contributed by atoms with E-state index in [1.54, 1.807) is 0 Å². The molecule has 0 aliphatic carbocycles. The maximum absolute atomic E-state index is 6.54. The number of rotatable bonds is 6. The first kappa shape index (κ1) is 32.8. The molecule has 12 rings (SSSR count). The first-order valence-corrected chi connectivity index (χ1v) is 20.5. The lowest BCUT2D eigenvalue weighted by molar-refractivity contribution is 0.669. The quantitative estimate of drug-likeness (QED) is 0.168. The molecule has 0 unspecified atom stereocenters. The molecule has 0 bridgehead atoms. The van der Waals surface area contributed by atoms with Gasteiger partial charge in [0.15, 0.2) is 0 Å². The topological polar surface area (TPSA) is 21.3 Å². The number of benzene rings is 9. The molecule has 3 aromatic heterocycles. The van der Waals surface area contributed by atoms with Crippen LogP contribution in [0, 0.1) is 0 Å². The molecule has 12 aromatic rings. The predicted molar refractivity (Wildman–Crippen MR) is 247 cm³/mol. The lowest BCUT2D eigenvalue weighted by atomic mass is 10.0. The Hall–Kier alpha value is -7.40. The first-order chi connectivity index (χ1) is 28.8. The van der Waals surface area contributed by atoms with Gasteiger partial charge in [-0.1, -0.05) is 146 Å². The summed E-state index contributed by atoms with van der Waals surface area (Å²) < 4.78 is 11.5.